The van der Waals surface area contributed by atoms with Crippen LogP contribution in [0.3, 0.4) is 0 Å². The van der Waals surface area contributed by atoms with Gasteiger partial charge < -0.3 is 0 Å². The van der Waals surface area contributed by atoms with Gasteiger partial charge in [0.25, 0.3) is 0 Å². The number of halogens is 2. The minimum absolute atomic E-state index is 0.186. The Morgan fingerprint density at radius 2 is 1.85 bits per heavy atom. The second kappa shape index (κ2) is 6.54. The predicted molar refractivity (Wildman–Crippen MR) is 80.6 cm³/mol. The number of nitrogens with one attached hydrogen (secondary N) is 1. The minimum atomic E-state index is -3.51. The zero-order chi connectivity index (χ0) is 14.6. The van der Waals surface area contributed by atoms with Gasteiger partial charge in [-0.1, -0.05) is 23.7 Å². The Bertz CT molecular complexity index is 688. The van der Waals surface area contributed by atoms with Crippen molar-refractivity contribution in [3.63, 3.8) is 0 Å². The lowest BCUT2D eigenvalue weighted by Gasteiger charge is -2.07. The number of aromatic nitrogens is 1. The van der Waals surface area contributed by atoms with Gasteiger partial charge in [-0.15, -0.1) is 11.6 Å². The molecule has 4 nitrogen and oxygen atoms in total. The van der Waals surface area contributed by atoms with Crippen LogP contribution in [-0.2, 0) is 10.0 Å². The van der Waals surface area contributed by atoms with E-state index in [1.807, 2.05) is 6.07 Å². The van der Waals surface area contributed by atoms with Crippen LogP contribution in [0.1, 0.15) is 0 Å². The van der Waals surface area contributed by atoms with E-state index in [1.54, 1.807) is 24.4 Å². The van der Waals surface area contributed by atoms with Crippen molar-refractivity contribution in [2.24, 2.45) is 0 Å². The van der Waals surface area contributed by atoms with E-state index in [0.29, 0.717) is 5.15 Å². The number of benzene rings is 1. The molecule has 0 radical (unpaired) electrons. The number of hydrogen-bond acceptors (Lipinski definition) is 3. The van der Waals surface area contributed by atoms with Crippen molar-refractivity contribution in [2.75, 3.05) is 12.4 Å². The van der Waals surface area contributed by atoms with Crippen LogP contribution in [0.4, 0.5) is 0 Å². The van der Waals surface area contributed by atoms with E-state index in [9.17, 15) is 8.42 Å². The van der Waals surface area contributed by atoms with Crippen molar-refractivity contribution >= 4 is 33.2 Å². The highest BCUT2D eigenvalue weighted by Gasteiger charge is 2.13. The first-order chi connectivity index (χ1) is 9.54. The maximum absolute atomic E-state index is 11.9. The molecule has 20 heavy (non-hydrogen) atoms. The van der Waals surface area contributed by atoms with Gasteiger partial charge in [-0.2, -0.15) is 0 Å². The summed E-state index contributed by atoms with van der Waals surface area (Å²) in [6.07, 6.45) is 1.60. The van der Waals surface area contributed by atoms with Crippen molar-refractivity contribution in [3.05, 3.63) is 47.7 Å². The van der Waals surface area contributed by atoms with Crippen LogP contribution >= 0.6 is 23.2 Å². The molecule has 1 aromatic carbocycles. The summed E-state index contributed by atoms with van der Waals surface area (Å²) < 4.78 is 26.2. The molecule has 1 heterocycles. The number of hydrogen-bond donors (Lipinski definition) is 1. The van der Waals surface area contributed by atoms with Crippen molar-refractivity contribution in [2.45, 2.75) is 4.90 Å². The molecule has 0 saturated carbocycles. The van der Waals surface area contributed by atoms with E-state index < -0.39 is 10.0 Å². The molecule has 106 valence electrons. The summed E-state index contributed by atoms with van der Waals surface area (Å²) in [7, 11) is -3.51. The monoisotopic (exact) mass is 330 g/mol. The largest absolute Gasteiger partial charge is 0.244 e. The van der Waals surface area contributed by atoms with Gasteiger partial charge >= 0.3 is 0 Å². The van der Waals surface area contributed by atoms with Crippen LogP contribution in [0, 0.1) is 0 Å². The maximum atomic E-state index is 11.9. The van der Waals surface area contributed by atoms with Gasteiger partial charge in [0.1, 0.15) is 5.15 Å². The molecule has 0 amide bonds. The molecule has 0 fully saturated rings. The number of alkyl halides is 1. The van der Waals surface area contributed by atoms with E-state index in [-0.39, 0.29) is 17.3 Å². The molecular weight excluding hydrogens is 319 g/mol. The van der Waals surface area contributed by atoms with Gasteiger partial charge in [0.15, 0.2) is 0 Å². The molecule has 0 aliphatic carbocycles. The predicted octanol–water partition coefficient (Wildman–Crippen LogP) is 2.92. The fraction of sp³-hybridized carbons (Fsp3) is 0.154. The van der Waals surface area contributed by atoms with E-state index in [2.05, 4.69) is 9.71 Å². The van der Waals surface area contributed by atoms with Gasteiger partial charge in [-0.25, -0.2) is 18.1 Å². The molecule has 7 heteroatoms. The Morgan fingerprint density at radius 3 is 2.45 bits per heavy atom. The van der Waals surface area contributed by atoms with E-state index in [0.717, 1.165) is 11.1 Å². The third-order valence-electron chi connectivity index (χ3n) is 2.62. The number of rotatable bonds is 5. The van der Waals surface area contributed by atoms with Crippen molar-refractivity contribution in [1.29, 1.82) is 0 Å². The lowest BCUT2D eigenvalue weighted by molar-refractivity contribution is 0.584. The summed E-state index contributed by atoms with van der Waals surface area (Å²) in [4.78, 5) is 4.17. The highest BCUT2D eigenvalue weighted by molar-refractivity contribution is 7.89. The van der Waals surface area contributed by atoms with Gasteiger partial charge in [0.2, 0.25) is 10.0 Å². The second-order valence-corrected chi connectivity index (χ2v) is 6.46. The standard InChI is InChI=1S/C13H12Cl2N2O2S/c14-7-9-17-20(18,19)11-5-3-10(4-6-11)12-2-1-8-16-13(12)15/h1-6,8,17H,7,9H2. The van der Waals surface area contributed by atoms with E-state index in [1.165, 1.54) is 12.1 Å². The quantitative estimate of drug-likeness (QED) is 0.677. The summed E-state index contributed by atoms with van der Waals surface area (Å²) in [5, 5.41) is 0.378. The Labute approximate surface area is 127 Å². The van der Waals surface area contributed by atoms with Gasteiger partial charge in [-0.3, -0.25) is 0 Å². The topological polar surface area (TPSA) is 59.1 Å². The number of nitrogens with zero attached hydrogens (tertiary/aromatic N) is 1. The SMILES string of the molecule is O=S(=O)(NCCCl)c1ccc(-c2cccnc2Cl)cc1. The average molecular weight is 331 g/mol. The Hall–Kier alpha value is -1.14. The molecule has 1 N–H and O–H groups in total. The first kappa shape index (κ1) is 15.3. The highest BCUT2D eigenvalue weighted by atomic mass is 35.5. The number of sulfonamides is 1. The zero-order valence-electron chi connectivity index (χ0n) is 10.4. The van der Waals surface area contributed by atoms with Crippen LogP contribution in [0.15, 0.2) is 47.5 Å². The molecule has 2 rings (SSSR count). The molecule has 0 spiro atoms. The van der Waals surface area contributed by atoms with Gasteiger partial charge in [0, 0.05) is 24.2 Å². The molecule has 0 saturated heterocycles. The molecule has 0 aliphatic rings. The Kier molecular flexibility index (Phi) is 4.99. The van der Waals surface area contributed by atoms with Crippen LogP contribution < -0.4 is 4.72 Å². The summed E-state index contributed by atoms with van der Waals surface area (Å²) in [6.45, 7) is 0.195. The lowest BCUT2D eigenvalue weighted by atomic mass is 10.1. The van der Waals surface area contributed by atoms with Gasteiger partial charge in [0.05, 0.1) is 4.90 Å². The lowest BCUT2D eigenvalue weighted by Crippen LogP contribution is -2.25. The molecule has 0 bridgehead atoms. The highest BCUT2D eigenvalue weighted by Crippen LogP contribution is 2.26. The maximum Gasteiger partial charge on any atom is 0.240 e. The molecular formula is C13H12Cl2N2O2S. The van der Waals surface area contributed by atoms with Crippen LogP contribution in [0.25, 0.3) is 11.1 Å². The van der Waals surface area contributed by atoms with Crippen LogP contribution in [-0.4, -0.2) is 25.8 Å². The smallest absolute Gasteiger partial charge is 0.240 e. The molecule has 2 aromatic rings. The number of pyridine rings is 1. The third-order valence-corrected chi connectivity index (χ3v) is 4.59. The first-order valence-corrected chi connectivity index (χ1v) is 8.21. The van der Waals surface area contributed by atoms with Crippen molar-refractivity contribution in [3.8, 4) is 11.1 Å². The van der Waals surface area contributed by atoms with Crippen molar-refractivity contribution < 1.29 is 8.42 Å². The fourth-order valence-electron chi connectivity index (χ4n) is 1.67. The van der Waals surface area contributed by atoms with E-state index in [4.69, 9.17) is 23.2 Å². The van der Waals surface area contributed by atoms with E-state index >= 15 is 0 Å². The average Bonchev–Trinajstić information content (AvgIpc) is 2.46. The Morgan fingerprint density at radius 1 is 1.15 bits per heavy atom. The second-order valence-electron chi connectivity index (χ2n) is 3.95. The normalized spacial score (nSPS) is 11.5. The third kappa shape index (κ3) is 3.49. The Balaban J connectivity index is 2.29. The molecule has 1 aromatic heterocycles. The van der Waals surface area contributed by atoms with Crippen LogP contribution in [0.2, 0.25) is 5.15 Å². The zero-order valence-corrected chi connectivity index (χ0v) is 12.7. The molecule has 0 aliphatic heterocycles. The fourth-order valence-corrected chi connectivity index (χ4v) is 3.14. The summed E-state index contributed by atoms with van der Waals surface area (Å²) in [5.74, 6) is 0.225. The summed E-state index contributed by atoms with van der Waals surface area (Å²) in [6, 6.07) is 10.0. The summed E-state index contributed by atoms with van der Waals surface area (Å²) in [5.41, 5.74) is 1.56. The van der Waals surface area contributed by atoms with Crippen LogP contribution in [0.5, 0.6) is 0 Å². The van der Waals surface area contributed by atoms with Gasteiger partial charge in [-0.05, 0) is 29.8 Å². The first-order valence-electron chi connectivity index (χ1n) is 5.81. The molecule has 0 unspecified atom stereocenters. The van der Waals surface area contributed by atoms with Crippen molar-refractivity contribution in [1.82, 2.24) is 9.71 Å². The summed E-state index contributed by atoms with van der Waals surface area (Å²) >= 11 is 11.5. The minimum Gasteiger partial charge on any atom is -0.244 e. The molecule has 0 atom stereocenters.